The van der Waals surface area contributed by atoms with Crippen molar-refractivity contribution in [3.63, 3.8) is 0 Å². The minimum Gasteiger partial charge on any atom is -0.370 e. The molecule has 1 heterocycles. The van der Waals surface area contributed by atoms with Crippen LogP contribution in [0.5, 0.6) is 0 Å². The Morgan fingerprint density at radius 1 is 1.24 bits per heavy atom. The van der Waals surface area contributed by atoms with Gasteiger partial charge in [0.05, 0.1) is 0 Å². The molecule has 1 aromatic carbocycles. The number of anilines is 1. The first-order valence-corrected chi connectivity index (χ1v) is 6.74. The molecule has 0 saturated carbocycles. The monoisotopic (exact) mass is 232 g/mol. The van der Waals surface area contributed by atoms with Gasteiger partial charge < -0.3 is 4.90 Å². The van der Waals surface area contributed by atoms with Crippen molar-refractivity contribution in [3.05, 3.63) is 29.3 Å². The van der Waals surface area contributed by atoms with Crippen molar-refractivity contribution in [2.24, 2.45) is 0 Å². The van der Waals surface area contributed by atoms with Gasteiger partial charge in [-0.15, -0.1) is 0 Å². The van der Waals surface area contributed by atoms with Crippen molar-refractivity contribution in [1.82, 2.24) is 4.90 Å². The molecule has 2 nitrogen and oxygen atoms in total. The van der Waals surface area contributed by atoms with Crippen LogP contribution < -0.4 is 4.90 Å². The third-order valence-electron chi connectivity index (χ3n) is 3.84. The molecule has 0 aliphatic carbocycles. The van der Waals surface area contributed by atoms with E-state index >= 15 is 0 Å². The van der Waals surface area contributed by atoms with Crippen molar-refractivity contribution in [2.45, 2.75) is 40.3 Å². The summed E-state index contributed by atoms with van der Waals surface area (Å²) in [6.07, 6.45) is 0. The molecule has 1 atom stereocenters. The Morgan fingerprint density at radius 2 is 2.00 bits per heavy atom. The van der Waals surface area contributed by atoms with Crippen molar-refractivity contribution in [2.75, 3.05) is 24.5 Å². The van der Waals surface area contributed by atoms with E-state index in [0.717, 1.165) is 26.2 Å². The molecular formula is C15H24N2. The summed E-state index contributed by atoms with van der Waals surface area (Å²) in [5, 5.41) is 0. The summed E-state index contributed by atoms with van der Waals surface area (Å²) in [6.45, 7) is 13.5. The van der Waals surface area contributed by atoms with Gasteiger partial charge in [-0.05, 0) is 38.9 Å². The Hall–Kier alpha value is -1.02. The maximum atomic E-state index is 2.56. The van der Waals surface area contributed by atoms with Crippen LogP contribution in [0.25, 0.3) is 0 Å². The van der Waals surface area contributed by atoms with Crippen molar-refractivity contribution >= 4 is 5.69 Å². The van der Waals surface area contributed by atoms with E-state index in [1.807, 2.05) is 0 Å². The van der Waals surface area contributed by atoms with E-state index in [1.165, 1.54) is 16.8 Å². The van der Waals surface area contributed by atoms with Crippen LogP contribution in [0.1, 0.15) is 31.9 Å². The molecule has 2 rings (SSSR count). The number of rotatable bonds is 2. The summed E-state index contributed by atoms with van der Waals surface area (Å²) in [4.78, 5) is 5.07. The van der Waals surface area contributed by atoms with Gasteiger partial charge in [0.25, 0.3) is 0 Å². The van der Waals surface area contributed by atoms with Gasteiger partial charge in [-0.25, -0.2) is 0 Å². The van der Waals surface area contributed by atoms with Crippen molar-refractivity contribution in [1.29, 1.82) is 0 Å². The van der Waals surface area contributed by atoms with E-state index in [2.05, 4.69) is 55.7 Å². The molecule has 0 spiro atoms. The second-order valence-corrected chi connectivity index (χ2v) is 5.08. The molecule has 1 aromatic rings. The first-order chi connectivity index (χ1) is 8.15. The van der Waals surface area contributed by atoms with Crippen molar-refractivity contribution < 1.29 is 0 Å². The number of hydrogen-bond acceptors (Lipinski definition) is 2. The molecule has 0 amide bonds. The second kappa shape index (κ2) is 5.09. The summed E-state index contributed by atoms with van der Waals surface area (Å²) >= 11 is 0. The van der Waals surface area contributed by atoms with E-state index in [1.54, 1.807) is 0 Å². The fourth-order valence-corrected chi connectivity index (χ4v) is 2.78. The fourth-order valence-electron chi connectivity index (χ4n) is 2.78. The molecule has 1 unspecified atom stereocenters. The summed E-state index contributed by atoms with van der Waals surface area (Å²) < 4.78 is 0. The molecule has 1 aliphatic rings. The first-order valence-electron chi connectivity index (χ1n) is 6.74. The maximum absolute atomic E-state index is 2.56. The predicted molar refractivity (Wildman–Crippen MR) is 74.6 cm³/mol. The first kappa shape index (κ1) is 12.4. The quantitative estimate of drug-likeness (QED) is 0.773. The van der Waals surface area contributed by atoms with Crippen LogP contribution in [0, 0.1) is 6.92 Å². The van der Waals surface area contributed by atoms with E-state index in [4.69, 9.17) is 0 Å². The van der Waals surface area contributed by atoms with E-state index in [-0.39, 0.29) is 0 Å². The van der Waals surface area contributed by atoms with Crippen LogP contribution >= 0.6 is 0 Å². The van der Waals surface area contributed by atoms with Crippen LogP contribution in [-0.4, -0.2) is 30.6 Å². The fraction of sp³-hybridized carbons (Fsp3) is 0.600. The Balaban J connectivity index is 2.40. The molecule has 1 aliphatic heterocycles. The smallest absolute Gasteiger partial charge is 0.0412 e. The highest BCUT2D eigenvalue weighted by Crippen LogP contribution is 2.27. The number of aryl methyl sites for hydroxylation is 1. The largest absolute Gasteiger partial charge is 0.370 e. The average Bonchev–Trinajstić information content (AvgIpc) is 2.45. The lowest BCUT2D eigenvalue weighted by molar-refractivity contribution is 0.220. The molecule has 0 aromatic heterocycles. The van der Waals surface area contributed by atoms with E-state index < -0.39 is 0 Å². The van der Waals surface area contributed by atoms with Crippen LogP contribution in [0.2, 0.25) is 0 Å². The second-order valence-electron chi connectivity index (χ2n) is 5.08. The highest BCUT2D eigenvalue weighted by atomic mass is 15.2. The topological polar surface area (TPSA) is 6.48 Å². The summed E-state index contributed by atoms with van der Waals surface area (Å²) in [5.74, 6) is 0. The summed E-state index contributed by atoms with van der Waals surface area (Å²) in [5.41, 5.74) is 4.28. The van der Waals surface area contributed by atoms with Gasteiger partial charge in [0.2, 0.25) is 0 Å². The zero-order valence-corrected chi connectivity index (χ0v) is 11.5. The maximum Gasteiger partial charge on any atom is 0.0412 e. The molecule has 0 N–H and O–H groups in total. The van der Waals surface area contributed by atoms with Gasteiger partial charge in [0.15, 0.2) is 0 Å². The Morgan fingerprint density at radius 3 is 2.65 bits per heavy atom. The normalized spacial score (nSPS) is 21.2. The number of nitrogens with zero attached hydrogens (tertiary/aromatic N) is 2. The van der Waals surface area contributed by atoms with Crippen molar-refractivity contribution in [3.8, 4) is 0 Å². The van der Waals surface area contributed by atoms with E-state index in [0.29, 0.717) is 6.04 Å². The summed E-state index contributed by atoms with van der Waals surface area (Å²) in [7, 11) is 0. The molecule has 0 fully saturated rings. The zero-order chi connectivity index (χ0) is 12.4. The van der Waals surface area contributed by atoms with Gasteiger partial charge >= 0.3 is 0 Å². The average molecular weight is 232 g/mol. The molecule has 0 bridgehead atoms. The third-order valence-corrected chi connectivity index (χ3v) is 3.84. The van der Waals surface area contributed by atoms with Gasteiger partial charge in [-0.3, -0.25) is 4.90 Å². The lowest BCUT2D eigenvalue weighted by atomic mass is 10.1. The molecule has 94 valence electrons. The standard InChI is InChI=1S/C15H24N2/c1-5-16-11-14-9-12(3)7-8-15(14)17(6-2)10-13(16)4/h7-9,13H,5-6,10-11H2,1-4H3. The van der Waals surface area contributed by atoms with Gasteiger partial charge in [0, 0.05) is 31.4 Å². The minimum absolute atomic E-state index is 0.632. The number of hydrogen-bond donors (Lipinski definition) is 0. The van der Waals surface area contributed by atoms with Crippen LogP contribution in [0.3, 0.4) is 0 Å². The van der Waals surface area contributed by atoms with E-state index in [9.17, 15) is 0 Å². The molecule has 17 heavy (non-hydrogen) atoms. The van der Waals surface area contributed by atoms with Crippen LogP contribution in [-0.2, 0) is 6.54 Å². The van der Waals surface area contributed by atoms with Crippen LogP contribution in [0.15, 0.2) is 18.2 Å². The summed E-state index contributed by atoms with van der Waals surface area (Å²) in [6, 6.07) is 7.50. The lowest BCUT2D eigenvalue weighted by Crippen LogP contribution is -2.39. The molecule has 2 heteroatoms. The zero-order valence-electron chi connectivity index (χ0n) is 11.5. The molecule has 0 saturated heterocycles. The van der Waals surface area contributed by atoms with Gasteiger partial charge in [-0.2, -0.15) is 0 Å². The highest BCUT2D eigenvalue weighted by molar-refractivity contribution is 5.55. The van der Waals surface area contributed by atoms with Gasteiger partial charge in [0.1, 0.15) is 0 Å². The number of likely N-dealkylation sites (N-methyl/N-ethyl adjacent to an activating group) is 2. The third kappa shape index (κ3) is 2.47. The van der Waals surface area contributed by atoms with Gasteiger partial charge in [-0.1, -0.05) is 24.6 Å². The Kier molecular flexibility index (Phi) is 3.72. The van der Waals surface area contributed by atoms with Crippen LogP contribution in [0.4, 0.5) is 5.69 Å². The Bertz CT molecular complexity index is 387. The molecular weight excluding hydrogens is 208 g/mol. The highest BCUT2D eigenvalue weighted by Gasteiger charge is 2.22. The predicted octanol–water partition coefficient (Wildman–Crippen LogP) is 3.05. The SMILES string of the molecule is CCN1CC(C)N(CC)Cc2cc(C)ccc21. The lowest BCUT2D eigenvalue weighted by Gasteiger charge is -2.28. The number of fused-ring (bicyclic) bond motifs is 1. The minimum atomic E-state index is 0.632. The Labute approximate surface area is 105 Å². The number of benzene rings is 1. The molecule has 0 radical (unpaired) electrons.